The Bertz CT molecular complexity index is 718. The molecule has 0 saturated carbocycles. The van der Waals surface area contributed by atoms with Crippen LogP contribution in [0.5, 0.6) is 0 Å². The summed E-state index contributed by atoms with van der Waals surface area (Å²) in [6.45, 7) is 4.22. The monoisotopic (exact) mass is 280 g/mol. The highest BCUT2D eigenvalue weighted by Gasteiger charge is 2.08. The zero-order valence-electron chi connectivity index (χ0n) is 12.5. The van der Waals surface area contributed by atoms with Crippen LogP contribution < -0.4 is 5.32 Å². The third-order valence-electron chi connectivity index (χ3n) is 3.64. The lowest BCUT2D eigenvalue weighted by atomic mass is 10.1. The average Bonchev–Trinajstić information content (AvgIpc) is 2.90. The Morgan fingerprint density at radius 3 is 2.71 bits per heavy atom. The molecule has 108 valence electrons. The maximum absolute atomic E-state index is 4.55. The fraction of sp³-hybridized carbons (Fsp3) is 0.294. The molecular weight excluding hydrogens is 260 g/mol. The molecule has 1 N–H and O–H groups in total. The molecule has 0 fully saturated rings. The van der Waals surface area contributed by atoms with Crippen LogP contribution >= 0.6 is 0 Å². The number of fused-ring (bicyclic) bond motifs is 1. The fourth-order valence-corrected chi connectivity index (χ4v) is 2.42. The maximum atomic E-state index is 4.55. The predicted octanol–water partition coefficient (Wildman–Crippen LogP) is 3.47. The van der Waals surface area contributed by atoms with Gasteiger partial charge in [-0.25, -0.2) is 4.52 Å². The fourth-order valence-electron chi connectivity index (χ4n) is 2.42. The normalized spacial score (nSPS) is 12.5. The Morgan fingerprint density at radius 2 is 1.95 bits per heavy atom. The first kappa shape index (κ1) is 13.6. The lowest BCUT2D eigenvalue weighted by Crippen LogP contribution is -2.17. The van der Waals surface area contributed by atoms with E-state index < -0.39 is 0 Å². The topological polar surface area (TPSA) is 42.2 Å². The molecule has 0 bridgehead atoms. The highest BCUT2D eigenvalue weighted by molar-refractivity contribution is 5.49. The summed E-state index contributed by atoms with van der Waals surface area (Å²) in [6.07, 6.45) is 4.04. The van der Waals surface area contributed by atoms with Crippen LogP contribution in [0.1, 0.15) is 24.5 Å². The first-order valence-corrected chi connectivity index (χ1v) is 7.35. The van der Waals surface area contributed by atoms with E-state index in [2.05, 4.69) is 46.6 Å². The molecule has 2 heterocycles. The van der Waals surface area contributed by atoms with Crippen LogP contribution in [0, 0.1) is 6.92 Å². The van der Waals surface area contributed by atoms with Gasteiger partial charge in [-0.05, 0) is 43.9 Å². The van der Waals surface area contributed by atoms with E-state index in [-0.39, 0.29) is 0 Å². The molecule has 3 aromatic rings. The second-order valence-electron chi connectivity index (χ2n) is 5.46. The van der Waals surface area contributed by atoms with Gasteiger partial charge in [-0.2, -0.15) is 4.98 Å². The van der Waals surface area contributed by atoms with Gasteiger partial charge in [-0.15, -0.1) is 5.10 Å². The van der Waals surface area contributed by atoms with Crippen molar-refractivity contribution in [1.82, 2.24) is 14.6 Å². The molecule has 0 saturated heterocycles. The number of nitrogens with one attached hydrogen (secondary N) is 1. The second kappa shape index (κ2) is 5.95. The molecule has 1 unspecified atom stereocenters. The molecule has 2 aromatic heterocycles. The van der Waals surface area contributed by atoms with E-state index in [4.69, 9.17) is 0 Å². The van der Waals surface area contributed by atoms with Crippen LogP contribution in [0.15, 0.2) is 48.7 Å². The standard InChI is InChI=1S/C17H20N4/c1-13-7-6-12-21-16(13)19-17(20-21)18-14(2)10-11-15-8-4-3-5-9-15/h3-9,12,14H,10-11H2,1-2H3,(H,18,20). The van der Waals surface area contributed by atoms with Crippen molar-refractivity contribution in [2.24, 2.45) is 0 Å². The lowest BCUT2D eigenvalue weighted by molar-refractivity contribution is 0.698. The maximum Gasteiger partial charge on any atom is 0.243 e. The zero-order chi connectivity index (χ0) is 14.7. The Kier molecular flexibility index (Phi) is 3.86. The van der Waals surface area contributed by atoms with Crippen LogP contribution in [0.3, 0.4) is 0 Å². The quantitative estimate of drug-likeness (QED) is 0.778. The van der Waals surface area contributed by atoms with E-state index in [0.717, 1.165) is 24.1 Å². The van der Waals surface area contributed by atoms with Gasteiger partial charge in [-0.1, -0.05) is 36.4 Å². The van der Waals surface area contributed by atoms with E-state index >= 15 is 0 Å². The number of hydrogen-bond donors (Lipinski definition) is 1. The van der Waals surface area contributed by atoms with E-state index in [0.29, 0.717) is 12.0 Å². The van der Waals surface area contributed by atoms with Crippen molar-refractivity contribution in [3.05, 3.63) is 59.8 Å². The molecule has 0 aliphatic heterocycles. The minimum absolute atomic E-state index is 0.336. The summed E-state index contributed by atoms with van der Waals surface area (Å²) in [4.78, 5) is 4.55. The van der Waals surface area contributed by atoms with Gasteiger partial charge >= 0.3 is 0 Å². The molecule has 1 atom stereocenters. The van der Waals surface area contributed by atoms with Crippen LogP contribution in [-0.2, 0) is 6.42 Å². The second-order valence-corrected chi connectivity index (χ2v) is 5.46. The van der Waals surface area contributed by atoms with Gasteiger partial charge < -0.3 is 5.32 Å². The summed E-state index contributed by atoms with van der Waals surface area (Å²) in [7, 11) is 0. The van der Waals surface area contributed by atoms with Crippen LogP contribution in [-0.4, -0.2) is 20.6 Å². The molecule has 1 aromatic carbocycles. The summed E-state index contributed by atoms with van der Waals surface area (Å²) in [5, 5.41) is 7.85. The van der Waals surface area contributed by atoms with Crippen molar-refractivity contribution >= 4 is 11.6 Å². The van der Waals surface area contributed by atoms with Gasteiger partial charge in [0.15, 0.2) is 5.65 Å². The SMILES string of the molecule is Cc1cccn2nc(NC(C)CCc3ccccc3)nc12. The van der Waals surface area contributed by atoms with Crippen molar-refractivity contribution in [2.75, 3.05) is 5.32 Å². The summed E-state index contributed by atoms with van der Waals surface area (Å²) in [5.74, 6) is 0.699. The third kappa shape index (κ3) is 3.21. The first-order valence-electron chi connectivity index (χ1n) is 7.35. The van der Waals surface area contributed by atoms with Gasteiger partial charge in [0.2, 0.25) is 5.95 Å². The molecule has 0 amide bonds. The molecule has 21 heavy (non-hydrogen) atoms. The molecule has 0 radical (unpaired) electrons. The van der Waals surface area contributed by atoms with Crippen molar-refractivity contribution in [2.45, 2.75) is 32.7 Å². The molecule has 3 rings (SSSR count). The molecule has 0 aliphatic carbocycles. The number of hydrogen-bond acceptors (Lipinski definition) is 3. The van der Waals surface area contributed by atoms with Gasteiger partial charge in [0.05, 0.1) is 0 Å². The van der Waals surface area contributed by atoms with E-state index in [1.165, 1.54) is 5.56 Å². The van der Waals surface area contributed by atoms with Crippen LogP contribution in [0.25, 0.3) is 5.65 Å². The van der Waals surface area contributed by atoms with Gasteiger partial charge in [0.1, 0.15) is 0 Å². The Morgan fingerprint density at radius 1 is 1.14 bits per heavy atom. The third-order valence-corrected chi connectivity index (χ3v) is 3.64. The molecular formula is C17H20N4. The Balaban J connectivity index is 1.63. The van der Waals surface area contributed by atoms with Crippen molar-refractivity contribution in [3.8, 4) is 0 Å². The number of rotatable bonds is 5. The smallest absolute Gasteiger partial charge is 0.243 e. The van der Waals surface area contributed by atoms with Crippen molar-refractivity contribution < 1.29 is 0 Å². The van der Waals surface area contributed by atoms with Crippen LogP contribution in [0.4, 0.5) is 5.95 Å². The summed E-state index contributed by atoms with van der Waals surface area (Å²) >= 11 is 0. The number of anilines is 1. The van der Waals surface area contributed by atoms with Gasteiger partial charge in [0, 0.05) is 12.2 Å². The highest BCUT2D eigenvalue weighted by atomic mass is 15.3. The predicted molar refractivity (Wildman–Crippen MR) is 85.6 cm³/mol. The van der Waals surface area contributed by atoms with Gasteiger partial charge in [0.25, 0.3) is 0 Å². The number of pyridine rings is 1. The van der Waals surface area contributed by atoms with Crippen LogP contribution in [0.2, 0.25) is 0 Å². The lowest BCUT2D eigenvalue weighted by Gasteiger charge is -2.11. The van der Waals surface area contributed by atoms with E-state index in [1.807, 2.05) is 35.8 Å². The summed E-state index contributed by atoms with van der Waals surface area (Å²) in [5.41, 5.74) is 3.41. The molecule has 0 aliphatic rings. The Labute approximate surface area is 124 Å². The number of benzene rings is 1. The largest absolute Gasteiger partial charge is 0.350 e. The van der Waals surface area contributed by atoms with E-state index in [1.54, 1.807) is 0 Å². The molecule has 0 spiro atoms. The van der Waals surface area contributed by atoms with E-state index in [9.17, 15) is 0 Å². The minimum Gasteiger partial charge on any atom is -0.350 e. The highest BCUT2D eigenvalue weighted by Crippen LogP contribution is 2.12. The number of aryl methyl sites for hydroxylation is 2. The molecule has 4 heteroatoms. The summed E-state index contributed by atoms with van der Waals surface area (Å²) in [6, 6.07) is 14.9. The minimum atomic E-state index is 0.336. The molecule has 4 nitrogen and oxygen atoms in total. The summed E-state index contributed by atoms with van der Waals surface area (Å²) < 4.78 is 1.82. The number of nitrogens with zero attached hydrogens (tertiary/aromatic N) is 3. The first-order chi connectivity index (χ1) is 10.2. The average molecular weight is 280 g/mol. The van der Waals surface area contributed by atoms with Crippen molar-refractivity contribution in [3.63, 3.8) is 0 Å². The van der Waals surface area contributed by atoms with Gasteiger partial charge in [-0.3, -0.25) is 0 Å². The van der Waals surface area contributed by atoms with Crippen molar-refractivity contribution in [1.29, 1.82) is 0 Å². The zero-order valence-corrected chi connectivity index (χ0v) is 12.5. The number of aromatic nitrogens is 3. The Hall–Kier alpha value is -2.36.